The second kappa shape index (κ2) is 7.49. The van der Waals surface area contributed by atoms with Crippen molar-refractivity contribution >= 4 is 40.8 Å². The van der Waals surface area contributed by atoms with Crippen LogP contribution in [0.5, 0.6) is 0 Å². The molecular formula is C20H11Cl2NO3. The topological polar surface area (TPSA) is 74.2 Å². The quantitative estimate of drug-likeness (QED) is 0.559. The van der Waals surface area contributed by atoms with Crippen molar-refractivity contribution in [3.63, 3.8) is 0 Å². The summed E-state index contributed by atoms with van der Waals surface area (Å²) in [5.74, 6) is 0.0101. The Bertz CT molecular complexity index is 1040. The van der Waals surface area contributed by atoms with Gasteiger partial charge in [0.1, 0.15) is 11.5 Å². The first-order chi connectivity index (χ1) is 12.5. The van der Waals surface area contributed by atoms with Crippen LogP contribution in [-0.4, -0.2) is 11.1 Å². The third-order valence-electron chi connectivity index (χ3n) is 3.67. The predicted octanol–water partition coefficient (Wildman–Crippen LogP) is 6.02. The van der Waals surface area contributed by atoms with Gasteiger partial charge in [-0.05, 0) is 54.1 Å². The van der Waals surface area contributed by atoms with Crippen LogP contribution < -0.4 is 0 Å². The number of nitrogens with zero attached hydrogens (tertiary/aromatic N) is 1. The molecule has 0 bridgehead atoms. The molecule has 0 atom stereocenters. The summed E-state index contributed by atoms with van der Waals surface area (Å²) >= 11 is 12.1. The molecule has 0 saturated carbocycles. The maximum atomic E-state index is 10.9. The van der Waals surface area contributed by atoms with E-state index in [2.05, 4.69) is 6.07 Å². The van der Waals surface area contributed by atoms with Gasteiger partial charge in [-0.15, -0.1) is 0 Å². The second-order valence-electron chi connectivity index (χ2n) is 5.38. The number of aromatic carboxylic acids is 1. The molecule has 0 amide bonds. The SMILES string of the molecule is N#C/C(=C\c1ccc(-c2ccc(Cl)cc2Cl)o1)c1ccc(C(=O)O)cc1. The molecule has 1 aromatic heterocycles. The molecule has 0 saturated heterocycles. The zero-order valence-electron chi connectivity index (χ0n) is 13.2. The van der Waals surface area contributed by atoms with Crippen molar-refractivity contribution < 1.29 is 14.3 Å². The molecule has 0 fully saturated rings. The number of carboxylic acids is 1. The fourth-order valence-corrected chi connectivity index (χ4v) is 2.88. The van der Waals surface area contributed by atoms with Crippen molar-refractivity contribution in [2.45, 2.75) is 0 Å². The summed E-state index contributed by atoms with van der Waals surface area (Å²) in [7, 11) is 0. The van der Waals surface area contributed by atoms with E-state index < -0.39 is 5.97 Å². The first-order valence-corrected chi connectivity index (χ1v) is 8.24. The van der Waals surface area contributed by atoms with Crippen molar-refractivity contribution in [3.05, 3.63) is 81.5 Å². The summed E-state index contributed by atoms with van der Waals surface area (Å²) < 4.78 is 5.76. The van der Waals surface area contributed by atoms with Gasteiger partial charge in [0.2, 0.25) is 0 Å². The molecule has 1 heterocycles. The van der Waals surface area contributed by atoms with Gasteiger partial charge >= 0.3 is 5.97 Å². The molecule has 26 heavy (non-hydrogen) atoms. The molecule has 4 nitrogen and oxygen atoms in total. The van der Waals surface area contributed by atoms with Crippen LogP contribution in [0.25, 0.3) is 23.0 Å². The van der Waals surface area contributed by atoms with Crippen LogP contribution in [-0.2, 0) is 0 Å². The fourth-order valence-electron chi connectivity index (χ4n) is 2.38. The molecule has 0 unspecified atom stereocenters. The van der Waals surface area contributed by atoms with Crippen LogP contribution in [0.3, 0.4) is 0 Å². The highest BCUT2D eigenvalue weighted by atomic mass is 35.5. The molecule has 3 aromatic rings. The fraction of sp³-hybridized carbons (Fsp3) is 0. The van der Waals surface area contributed by atoms with Gasteiger partial charge in [-0.1, -0.05) is 35.3 Å². The van der Waals surface area contributed by atoms with Crippen molar-refractivity contribution in [2.75, 3.05) is 0 Å². The smallest absolute Gasteiger partial charge is 0.335 e. The van der Waals surface area contributed by atoms with Crippen LogP contribution in [0.4, 0.5) is 0 Å². The lowest BCUT2D eigenvalue weighted by Crippen LogP contribution is -1.95. The molecule has 0 aliphatic heterocycles. The summed E-state index contributed by atoms with van der Waals surface area (Å²) in [6, 6.07) is 16.7. The number of carbonyl (C=O) groups is 1. The number of benzene rings is 2. The molecule has 0 radical (unpaired) electrons. The van der Waals surface area contributed by atoms with Gasteiger partial charge in [0.15, 0.2) is 0 Å². The summed E-state index contributed by atoms with van der Waals surface area (Å²) in [6.45, 7) is 0. The third kappa shape index (κ3) is 3.80. The Morgan fingerprint density at radius 1 is 1.04 bits per heavy atom. The Kier molecular flexibility index (Phi) is 5.13. The van der Waals surface area contributed by atoms with Gasteiger partial charge in [0.05, 0.1) is 22.2 Å². The van der Waals surface area contributed by atoms with E-state index in [1.54, 1.807) is 48.5 Å². The number of rotatable bonds is 4. The Labute approximate surface area is 159 Å². The van der Waals surface area contributed by atoms with Crippen molar-refractivity contribution in [1.29, 1.82) is 5.26 Å². The van der Waals surface area contributed by atoms with Crippen molar-refractivity contribution in [1.82, 2.24) is 0 Å². The number of hydrogen-bond donors (Lipinski definition) is 1. The molecule has 2 aromatic carbocycles. The monoisotopic (exact) mass is 383 g/mol. The highest BCUT2D eigenvalue weighted by Gasteiger charge is 2.10. The van der Waals surface area contributed by atoms with E-state index >= 15 is 0 Å². The standard InChI is InChI=1S/C20H11Cl2NO3/c21-15-5-7-17(18(22)10-15)19-8-6-16(26-19)9-14(11-23)12-1-3-13(4-2-12)20(24)25/h1-10H,(H,24,25)/b14-9+. The largest absolute Gasteiger partial charge is 0.478 e. The number of carboxylic acid groups (broad SMARTS) is 1. The van der Waals surface area contributed by atoms with E-state index in [0.29, 0.717) is 38.3 Å². The molecule has 6 heteroatoms. The Morgan fingerprint density at radius 3 is 2.35 bits per heavy atom. The van der Waals surface area contributed by atoms with E-state index in [9.17, 15) is 10.1 Å². The minimum atomic E-state index is -1.02. The highest BCUT2D eigenvalue weighted by molar-refractivity contribution is 6.36. The lowest BCUT2D eigenvalue weighted by molar-refractivity contribution is 0.0697. The van der Waals surface area contributed by atoms with Crippen LogP contribution in [0.2, 0.25) is 10.0 Å². The highest BCUT2D eigenvalue weighted by Crippen LogP contribution is 2.32. The number of furan rings is 1. The summed E-state index contributed by atoms with van der Waals surface area (Å²) in [6.07, 6.45) is 1.59. The van der Waals surface area contributed by atoms with Gasteiger partial charge in [-0.2, -0.15) is 5.26 Å². The maximum Gasteiger partial charge on any atom is 0.335 e. The van der Waals surface area contributed by atoms with Gasteiger partial charge in [-0.3, -0.25) is 0 Å². The van der Waals surface area contributed by atoms with E-state index in [1.165, 1.54) is 12.1 Å². The second-order valence-corrected chi connectivity index (χ2v) is 6.22. The lowest BCUT2D eigenvalue weighted by Gasteiger charge is -2.01. The summed E-state index contributed by atoms with van der Waals surface area (Å²) in [4.78, 5) is 10.9. The lowest BCUT2D eigenvalue weighted by atomic mass is 10.0. The van der Waals surface area contributed by atoms with Gasteiger partial charge < -0.3 is 9.52 Å². The Hall–Kier alpha value is -3.00. The Morgan fingerprint density at radius 2 is 1.73 bits per heavy atom. The number of hydrogen-bond acceptors (Lipinski definition) is 3. The number of nitriles is 1. The van der Waals surface area contributed by atoms with E-state index in [0.717, 1.165) is 0 Å². The molecule has 1 N–H and O–H groups in total. The first-order valence-electron chi connectivity index (χ1n) is 7.48. The van der Waals surface area contributed by atoms with Crippen molar-refractivity contribution in [2.24, 2.45) is 0 Å². The van der Waals surface area contributed by atoms with Gasteiger partial charge in [0, 0.05) is 10.6 Å². The minimum Gasteiger partial charge on any atom is -0.478 e. The zero-order chi connectivity index (χ0) is 18.7. The summed E-state index contributed by atoms with van der Waals surface area (Å²) in [5.41, 5.74) is 1.80. The number of allylic oxidation sites excluding steroid dienone is 1. The molecule has 0 aliphatic rings. The van der Waals surface area contributed by atoms with E-state index in [1.807, 2.05) is 0 Å². The number of halogens is 2. The normalized spacial score (nSPS) is 11.2. The van der Waals surface area contributed by atoms with Crippen LogP contribution in [0, 0.1) is 11.3 Å². The predicted molar refractivity (Wildman–Crippen MR) is 101 cm³/mol. The molecule has 0 aliphatic carbocycles. The van der Waals surface area contributed by atoms with Crippen LogP contribution in [0.15, 0.2) is 59.0 Å². The van der Waals surface area contributed by atoms with E-state index in [-0.39, 0.29) is 5.56 Å². The molecule has 3 rings (SSSR count). The maximum absolute atomic E-state index is 10.9. The van der Waals surface area contributed by atoms with E-state index in [4.69, 9.17) is 32.7 Å². The van der Waals surface area contributed by atoms with Crippen LogP contribution >= 0.6 is 23.2 Å². The van der Waals surface area contributed by atoms with Gasteiger partial charge in [0.25, 0.3) is 0 Å². The van der Waals surface area contributed by atoms with Crippen LogP contribution in [0.1, 0.15) is 21.7 Å². The summed E-state index contributed by atoms with van der Waals surface area (Å²) in [5, 5.41) is 19.3. The molecular weight excluding hydrogens is 373 g/mol. The van der Waals surface area contributed by atoms with Gasteiger partial charge in [-0.25, -0.2) is 4.79 Å². The Balaban J connectivity index is 1.92. The van der Waals surface area contributed by atoms with Crippen molar-refractivity contribution in [3.8, 4) is 17.4 Å². The molecule has 0 spiro atoms. The minimum absolute atomic E-state index is 0.156. The average molecular weight is 384 g/mol. The average Bonchev–Trinajstić information content (AvgIpc) is 3.08. The third-order valence-corrected chi connectivity index (χ3v) is 4.22. The molecule has 128 valence electrons. The zero-order valence-corrected chi connectivity index (χ0v) is 14.8. The first kappa shape index (κ1) is 17.8.